The summed E-state index contributed by atoms with van der Waals surface area (Å²) in [5.74, 6) is 0. The largest absolute Gasteiger partial charge is 0.146 e. The summed E-state index contributed by atoms with van der Waals surface area (Å²) in [4.78, 5) is 1.40. The Hall–Kier alpha value is -0.440. The second-order valence-corrected chi connectivity index (χ2v) is 7.46. The Labute approximate surface area is 135 Å². The van der Waals surface area contributed by atoms with Gasteiger partial charge in [0.05, 0.1) is 11.1 Å². The molecule has 122 valence electrons. The molecule has 0 atom stereocenters. The number of hydrogen-bond donors (Lipinski definition) is 0. The van der Waals surface area contributed by atoms with Crippen molar-refractivity contribution in [2.24, 2.45) is 0 Å². The molecule has 0 N–H and O–H groups in total. The van der Waals surface area contributed by atoms with E-state index in [0.717, 1.165) is 0 Å². The molecule has 0 aliphatic rings. The number of aromatic nitrogens is 2. The van der Waals surface area contributed by atoms with E-state index in [4.69, 9.17) is 0 Å². The minimum Gasteiger partial charge on any atom is -0.146 e. The summed E-state index contributed by atoms with van der Waals surface area (Å²) >= 11 is 1.61. The number of nitrogens with zero attached hydrogens (tertiary/aromatic N) is 2. The molecule has 3 heteroatoms. The van der Waals surface area contributed by atoms with Crippen molar-refractivity contribution in [3.63, 3.8) is 0 Å². The summed E-state index contributed by atoms with van der Waals surface area (Å²) in [6.07, 6.45) is 18.3. The van der Waals surface area contributed by atoms with E-state index in [-0.39, 0.29) is 0 Å². The molecule has 1 heterocycles. The van der Waals surface area contributed by atoms with Gasteiger partial charge in [-0.25, -0.2) is 0 Å². The minimum absolute atomic E-state index is 0.312. The summed E-state index contributed by atoms with van der Waals surface area (Å²) in [5.41, 5.74) is 0.312. The van der Waals surface area contributed by atoms with Crippen LogP contribution in [0, 0.1) is 0 Å². The van der Waals surface area contributed by atoms with Crippen LogP contribution < -0.4 is 0 Å². The van der Waals surface area contributed by atoms with Gasteiger partial charge >= 0.3 is 0 Å². The number of unbranched alkanes of at least 4 members (excludes halogenated alkanes) is 8. The smallest absolute Gasteiger partial charge is 0.0658 e. The van der Waals surface area contributed by atoms with Gasteiger partial charge in [0.2, 0.25) is 0 Å². The van der Waals surface area contributed by atoms with Gasteiger partial charge in [0.15, 0.2) is 0 Å². The lowest BCUT2D eigenvalue weighted by atomic mass is 9.78. The van der Waals surface area contributed by atoms with Gasteiger partial charge in [-0.05, 0) is 24.4 Å². The molecule has 2 nitrogen and oxygen atoms in total. The van der Waals surface area contributed by atoms with E-state index < -0.39 is 0 Å². The van der Waals surface area contributed by atoms with E-state index >= 15 is 0 Å². The van der Waals surface area contributed by atoms with Crippen LogP contribution in [0.15, 0.2) is 6.20 Å². The third-order valence-corrected chi connectivity index (χ3v) is 5.59. The molecule has 1 rings (SSSR count). The second kappa shape index (κ2) is 11.2. The summed E-state index contributed by atoms with van der Waals surface area (Å²) in [5, 5.41) is 4.07. The monoisotopic (exact) mass is 310 g/mol. The molecule has 0 unspecified atom stereocenters. The molecule has 21 heavy (non-hydrogen) atoms. The average Bonchev–Trinajstić information content (AvgIpc) is 3.02. The van der Waals surface area contributed by atoms with Crippen LogP contribution in [0.2, 0.25) is 0 Å². The molecule has 0 radical (unpaired) electrons. The highest BCUT2D eigenvalue weighted by atomic mass is 32.1. The molecule has 0 spiro atoms. The Morgan fingerprint density at radius 2 is 1.38 bits per heavy atom. The van der Waals surface area contributed by atoms with Gasteiger partial charge in [-0.1, -0.05) is 89.5 Å². The van der Waals surface area contributed by atoms with E-state index in [2.05, 4.69) is 30.4 Å². The van der Waals surface area contributed by atoms with Crippen LogP contribution in [0.3, 0.4) is 0 Å². The molecule has 1 aromatic heterocycles. The lowest BCUT2D eigenvalue weighted by Gasteiger charge is -2.28. The first-order valence-corrected chi connectivity index (χ1v) is 9.78. The fraction of sp³-hybridized carbons (Fsp3) is 0.889. The normalized spacial score (nSPS) is 12.0. The quantitative estimate of drug-likeness (QED) is 0.388. The lowest BCUT2D eigenvalue weighted by molar-refractivity contribution is 0.368. The maximum Gasteiger partial charge on any atom is 0.0658 e. The molecule has 1 aromatic rings. The first-order valence-electron chi connectivity index (χ1n) is 9.00. The Balaban J connectivity index is 2.39. The highest BCUT2D eigenvalue weighted by molar-refractivity contribution is 7.05. The predicted octanol–water partition coefficient (Wildman–Crippen LogP) is 6.52. The zero-order valence-electron chi connectivity index (χ0n) is 14.4. The van der Waals surface area contributed by atoms with Crippen LogP contribution in [0.25, 0.3) is 0 Å². The number of hydrogen-bond acceptors (Lipinski definition) is 3. The molecule has 0 aromatic carbocycles. The van der Waals surface area contributed by atoms with E-state index in [1.54, 1.807) is 11.5 Å². The van der Waals surface area contributed by atoms with Crippen molar-refractivity contribution in [2.45, 2.75) is 103 Å². The Morgan fingerprint density at radius 1 is 0.857 bits per heavy atom. The fourth-order valence-corrected chi connectivity index (χ4v) is 3.74. The topological polar surface area (TPSA) is 25.8 Å². The standard InChI is InChI=1S/C18H34N2S/c1-4-6-8-10-12-14-18(3,17-16-19-20-21-17)15-13-11-9-7-5-2/h16H,4-15H2,1-3H3. The first-order chi connectivity index (χ1) is 10.2. The minimum atomic E-state index is 0.312. The van der Waals surface area contributed by atoms with Gasteiger partial charge in [-0.3, -0.25) is 0 Å². The zero-order valence-corrected chi connectivity index (χ0v) is 15.2. The molecular formula is C18H34N2S. The zero-order chi connectivity index (χ0) is 15.4. The van der Waals surface area contributed by atoms with E-state index in [9.17, 15) is 0 Å². The SMILES string of the molecule is CCCCCCCC(C)(CCCCCCC)c1cnns1. The van der Waals surface area contributed by atoms with Gasteiger partial charge in [-0.2, -0.15) is 0 Å². The maximum atomic E-state index is 4.10. The van der Waals surface area contributed by atoms with Crippen LogP contribution in [0.1, 0.15) is 103 Å². The Bertz CT molecular complexity index is 321. The molecule has 0 fully saturated rings. The maximum absolute atomic E-state index is 4.10. The van der Waals surface area contributed by atoms with Crippen LogP contribution in [0.4, 0.5) is 0 Å². The molecule has 0 saturated heterocycles. The van der Waals surface area contributed by atoms with E-state index in [0.29, 0.717) is 5.41 Å². The highest BCUT2D eigenvalue weighted by Gasteiger charge is 2.27. The average molecular weight is 311 g/mol. The fourth-order valence-electron chi connectivity index (χ4n) is 3.04. The van der Waals surface area contributed by atoms with E-state index in [1.807, 2.05) is 6.20 Å². The van der Waals surface area contributed by atoms with Gasteiger partial charge in [0.1, 0.15) is 0 Å². The highest BCUT2D eigenvalue weighted by Crippen LogP contribution is 2.36. The molecule has 0 amide bonds. The second-order valence-electron chi connectivity index (χ2n) is 6.67. The molecule has 0 bridgehead atoms. The van der Waals surface area contributed by atoms with Crippen LogP contribution in [-0.2, 0) is 5.41 Å². The molecule has 0 aliphatic carbocycles. The predicted molar refractivity (Wildman–Crippen MR) is 94.0 cm³/mol. The molecular weight excluding hydrogens is 276 g/mol. The van der Waals surface area contributed by atoms with Crippen LogP contribution in [-0.4, -0.2) is 9.59 Å². The first kappa shape index (κ1) is 18.6. The van der Waals surface area contributed by atoms with Crippen molar-refractivity contribution in [3.05, 3.63) is 11.1 Å². The Morgan fingerprint density at radius 3 is 1.81 bits per heavy atom. The third kappa shape index (κ3) is 7.39. The lowest BCUT2D eigenvalue weighted by Crippen LogP contribution is -2.20. The van der Waals surface area contributed by atoms with Gasteiger partial charge in [-0.15, -0.1) is 5.10 Å². The van der Waals surface area contributed by atoms with Crippen molar-refractivity contribution in [1.82, 2.24) is 9.59 Å². The summed E-state index contributed by atoms with van der Waals surface area (Å²) in [6, 6.07) is 0. The van der Waals surface area contributed by atoms with E-state index in [1.165, 1.54) is 81.9 Å². The number of rotatable bonds is 13. The summed E-state index contributed by atoms with van der Waals surface area (Å²) < 4.78 is 4.10. The van der Waals surface area contributed by atoms with Gasteiger partial charge in [0, 0.05) is 5.41 Å². The van der Waals surface area contributed by atoms with Gasteiger partial charge in [0.25, 0.3) is 0 Å². The molecule has 0 saturated carbocycles. The Kier molecular flexibility index (Phi) is 9.90. The molecule has 0 aliphatic heterocycles. The third-order valence-electron chi connectivity index (χ3n) is 4.62. The van der Waals surface area contributed by atoms with Crippen LogP contribution >= 0.6 is 11.5 Å². The van der Waals surface area contributed by atoms with Crippen molar-refractivity contribution in [1.29, 1.82) is 0 Å². The summed E-state index contributed by atoms with van der Waals surface area (Å²) in [7, 11) is 0. The van der Waals surface area contributed by atoms with Crippen molar-refractivity contribution < 1.29 is 0 Å². The van der Waals surface area contributed by atoms with Crippen molar-refractivity contribution in [2.75, 3.05) is 0 Å². The summed E-state index contributed by atoms with van der Waals surface area (Å²) in [6.45, 7) is 6.99. The van der Waals surface area contributed by atoms with Crippen molar-refractivity contribution in [3.8, 4) is 0 Å². The van der Waals surface area contributed by atoms with Crippen LogP contribution in [0.5, 0.6) is 0 Å². The van der Waals surface area contributed by atoms with Crippen molar-refractivity contribution >= 4 is 11.5 Å². The van der Waals surface area contributed by atoms with Gasteiger partial charge < -0.3 is 0 Å².